The van der Waals surface area contributed by atoms with Gasteiger partial charge in [-0.3, -0.25) is 0 Å². The molecule has 0 nitrogen and oxygen atoms in total. The van der Waals surface area contributed by atoms with E-state index in [1.165, 1.54) is 22.3 Å². The summed E-state index contributed by atoms with van der Waals surface area (Å²) in [5, 5.41) is 0. The molecule has 0 aliphatic heterocycles. The summed E-state index contributed by atoms with van der Waals surface area (Å²) in [7, 11) is 0. The van der Waals surface area contributed by atoms with Crippen molar-refractivity contribution in [3.05, 3.63) is 39.3 Å². The van der Waals surface area contributed by atoms with E-state index in [0.717, 1.165) is 29.1 Å². The molecule has 0 aliphatic rings. The van der Waals surface area contributed by atoms with E-state index in [1.807, 2.05) is 6.92 Å². The van der Waals surface area contributed by atoms with E-state index < -0.39 is 0 Å². The van der Waals surface area contributed by atoms with Gasteiger partial charge >= 0.3 is 0 Å². The van der Waals surface area contributed by atoms with Crippen LogP contribution in [0.15, 0.2) is 17.0 Å². The zero-order valence-electron chi connectivity index (χ0n) is 11.2. The molecule has 0 heterocycles. The van der Waals surface area contributed by atoms with Gasteiger partial charge in [-0.05, 0) is 53.3 Å². The molecule has 0 amide bonds. The second-order valence-corrected chi connectivity index (χ2v) is 5.40. The van der Waals surface area contributed by atoms with Gasteiger partial charge in [0.2, 0.25) is 0 Å². The minimum atomic E-state index is 0.988. The summed E-state index contributed by atoms with van der Waals surface area (Å²) >= 11 is 9.06. The van der Waals surface area contributed by atoms with Crippen LogP contribution in [-0.4, -0.2) is 0 Å². The lowest BCUT2D eigenvalue weighted by Gasteiger charge is -2.16. The lowest BCUT2D eigenvalue weighted by molar-refractivity contribution is 1.03. The molecule has 1 aromatic rings. The molecule has 0 aliphatic carbocycles. The van der Waals surface area contributed by atoms with Crippen LogP contribution in [0, 0.1) is 0 Å². The van der Waals surface area contributed by atoms with Gasteiger partial charge in [0, 0.05) is 4.91 Å². The highest BCUT2D eigenvalue weighted by Crippen LogP contribution is 2.32. The quantitative estimate of drug-likeness (QED) is 0.710. The summed E-state index contributed by atoms with van der Waals surface area (Å²) in [5.41, 5.74) is 5.49. The summed E-state index contributed by atoms with van der Waals surface area (Å²) in [4.78, 5) is 2.01. The highest BCUT2D eigenvalue weighted by atomic mass is 32.1. The van der Waals surface area contributed by atoms with Crippen LogP contribution in [0.25, 0.3) is 4.91 Å². The normalized spacial score (nSPS) is 12.6. The van der Waals surface area contributed by atoms with Crippen LogP contribution in [0.1, 0.15) is 49.9 Å². The van der Waals surface area contributed by atoms with Crippen LogP contribution in [0.3, 0.4) is 0 Å². The first kappa shape index (κ1) is 14.7. The Bertz CT molecular complexity index is 402. The molecular formula is C15H22S2. The van der Waals surface area contributed by atoms with Crippen molar-refractivity contribution in [3.63, 3.8) is 0 Å². The molecule has 0 fully saturated rings. The smallest absolute Gasteiger partial charge is 0.0208 e. The number of thiol groups is 2. The van der Waals surface area contributed by atoms with Gasteiger partial charge in [0.25, 0.3) is 0 Å². The highest BCUT2D eigenvalue weighted by molar-refractivity contribution is 7.93. The van der Waals surface area contributed by atoms with Crippen LogP contribution >= 0.6 is 25.3 Å². The SMILES string of the molecule is CCc1cc(CC)c(/C(S)=C(\C)S)c(CC)c1. The number of benzene rings is 1. The fraction of sp³-hybridized carbons (Fsp3) is 0.467. The van der Waals surface area contributed by atoms with Crippen molar-refractivity contribution in [1.82, 2.24) is 0 Å². The Morgan fingerprint density at radius 1 is 0.941 bits per heavy atom. The Morgan fingerprint density at radius 3 is 1.71 bits per heavy atom. The maximum atomic E-state index is 4.63. The van der Waals surface area contributed by atoms with Gasteiger partial charge in [-0.25, -0.2) is 0 Å². The number of allylic oxidation sites excluding steroid dienone is 1. The van der Waals surface area contributed by atoms with Gasteiger partial charge in [0.05, 0.1) is 0 Å². The third-order valence-electron chi connectivity index (χ3n) is 3.11. The fourth-order valence-electron chi connectivity index (χ4n) is 2.09. The molecule has 0 N–H and O–H groups in total. The van der Waals surface area contributed by atoms with E-state index in [-0.39, 0.29) is 0 Å². The summed E-state index contributed by atoms with van der Waals surface area (Å²) < 4.78 is 0. The minimum absolute atomic E-state index is 0.988. The average molecular weight is 266 g/mol. The van der Waals surface area contributed by atoms with E-state index in [2.05, 4.69) is 58.2 Å². The number of hydrogen-bond donors (Lipinski definition) is 2. The molecule has 0 bridgehead atoms. The minimum Gasteiger partial charge on any atom is -0.147 e. The predicted octanol–water partition coefficient (Wildman–Crippen LogP) is 4.92. The number of aryl methyl sites for hydroxylation is 3. The zero-order valence-corrected chi connectivity index (χ0v) is 13.0. The molecular weight excluding hydrogens is 244 g/mol. The van der Waals surface area contributed by atoms with Crippen molar-refractivity contribution in [2.24, 2.45) is 0 Å². The zero-order chi connectivity index (χ0) is 13.0. The number of hydrogen-bond acceptors (Lipinski definition) is 2. The van der Waals surface area contributed by atoms with Gasteiger partial charge in [-0.1, -0.05) is 32.9 Å². The van der Waals surface area contributed by atoms with Crippen LogP contribution in [0.5, 0.6) is 0 Å². The van der Waals surface area contributed by atoms with Crippen LogP contribution in [0.4, 0.5) is 0 Å². The maximum absolute atomic E-state index is 4.63. The Morgan fingerprint density at radius 2 is 1.41 bits per heavy atom. The molecule has 17 heavy (non-hydrogen) atoms. The molecule has 0 spiro atoms. The van der Waals surface area contributed by atoms with Crippen LogP contribution in [0.2, 0.25) is 0 Å². The van der Waals surface area contributed by atoms with E-state index in [9.17, 15) is 0 Å². The second kappa shape index (κ2) is 6.55. The number of rotatable bonds is 4. The van der Waals surface area contributed by atoms with E-state index in [0.29, 0.717) is 0 Å². The van der Waals surface area contributed by atoms with Crippen LogP contribution in [-0.2, 0) is 19.3 Å². The molecule has 1 aromatic carbocycles. The lowest BCUT2D eigenvalue weighted by atomic mass is 9.93. The molecule has 1 rings (SSSR count). The third-order valence-corrected chi connectivity index (χ3v) is 4.07. The summed E-state index contributed by atoms with van der Waals surface area (Å²) in [6.45, 7) is 8.60. The van der Waals surface area contributed by atoms with Crippen molar-refractivity contribution >= 4 is 30.2 Å². The Labute approximate surface area is 116 Å². The molecule has 94 valence electrons. The molecule has 0 unspecified atom stereocenters. The molecule has 2 heteroatoms. The van der Waals surface area contributed by atoms with Crippen molar-refractivity contribution in [2.75, 3.05) is 0 Å². The molecule has 0 aromatic heterocycles. The molecule has 0 atom stereocenters. The maximum Gasteiger partial charge on any atom is 0.0208 e. The van der Waals surface area contributed by atoms with Crippen molar-refractivity contribution in [3.8, 4) is 0 Å². The largest absolute Gasteiger partial charge is 0.147 e. The first-order valence-corrected chi connectivity index (χ1v) is 7.18. The van der Waals surface area contributed by atoms with Crippen molar-refractivity contribution in [2.45, 2.75) is 47.0 Å². The summed E-state index contributed by atoms with van der Waals surface area (Å²) in [6, 6.07) is 4.61. The molecule has 0 radical (unpaired) electrons. The summed E-state index contributed by atoms with van der Waals surface area (Å²) in [6.07, 6.45) is 3.17. The Kier molecular flexibility index (Phi) is 5.68. The van der Waals surface area contributed by atoms with Gasteiger partial charge in [-0.2, -0.15) is 0 Å². The van der Waals surface area contributed by atoms with Crippen LogP contribution < -0.4 is 0 Å². The van der Waals surface area contributed by atoms with Crippen molar-refractivity contribution in [1.29, 1.82) is 0 Å². The van der Waals surface area contributed by atoms with Gasteiger partial charge < -0.3 is 0 Å². The fourth-order valence-corrected chi connectivity index (χ4v) is 2.49. The van der Waals surface area contributed by atoms with E-state index in [4.69, 9.17) is 0 Å². The predicted molar refractivity (Wildman–Crippen MR) is 85.1 cm³/mol. The molecule has 0 saturated carbocycles. The first-order chi connectivity index (χ1) is 8.04. The summed E-state index contributed by atoms with van der Waals surface area (Å²) in [5.74, 6) is 0. The lowest BCUT2D eigenvalue weighted by Crippen LogP contribution is -1.99. The van der Waals surface area contributed by atoms with E-state index >= 15 is 0 Å². The highest BCUT2D eigenvalue weighted by Gasteiger charge is 2.11. The topological polar surface area (TPSA) is 0 Å². The van der Waals surface area contributed by atoms with Gasteiger partial charge in [0.15, 0.2) is 0 Å². The molecule has 0 saturated heterocycles. The third kappa shape index (κ3) is 3.32. The van der Waals surface area contributed by atoms with Gasteiger partial charge in [0.1, 0.15) is 0 Å². The van der Waals surface area contributed by atoms with E-state index in [1.54, 1.807) is 0 Å². The van der Waals surface area contributed by atoms with Crippen molar-refractivity contribution < 1.29 is 0 Å². The van der Waals surface area contributed by atoms with Gasteiger partial charge in [-0.15, -0.1) is 25.3 Å². The standard InChI is InChI=1S/C15H22S2/c1-5-11-8-12(6-2)14(13(7-3)9-11)15(17)10(4)16/h8-9,16-17H,5-7H2,1-4H3/b15-10-. The Balaban J connectivity index is 3.51. The first-order valence-electron chi connectivity index (χ1n) is 6.28. The average Bonchev–Trinajstić information content (AvgIpc) is 2.35. The monoisotopic (exact) mass is 266 g/mol. The Hall–Kier alpha value is -0.340. The second-order valence-electron chi connectivity index (χ2n) is 4.28.